The zero-order valence-electron chi connectivity index (χ0n) is 7.29. The van der Waals surface area contributed by atoms with E-state index in [0.29, 0.717) is 11.6 Å². The van der Waals surface area contributed by atoms with Crippen molar-refractivity contribution in [2.75, 3.05) is 0 Å². The molecule has 2 aromatic rings. The molecule has 2 aromatic heterocycles. The van der Waals surface area contributed by atoms with Crippen molar-refractivity contribution in [3.63, 3.8) is 0 Å². The van der Waals surface area contributed by atoms with Crippen molar-refractivity contribution in [1.82, 2.24) is 9.97 Å². The molecule has 0 atom stereocenters. The molecule has 0 aliphatic heterocycles. The summed E-state index contributed by atoms with van der Waals surface area (Å²) in [5.74, 6) is 1.28. The van der Waals surface area contributed by atoms with Crippen LogP contribution < -0.4 is 0 Å². The van der Waals surface area contributed by atoms with Crippen LogP contribution in [-0.4, -0.2) is 9.97 Å². The molecule has 0 spiro atoms. The molecule has 0 fully saturated rings. The second kappa shape index (κ2) is 3.82. The van der Waals surface area contributed by atoms with Gasteiger partial charge >= 0.3 is 0 Å². The zero-order chi connectivity index (χ0) is 10.1. The Morgan fingerprint density at radius 1 is 1.21 bits per heavy atom. The minimum Gasteiger partial charge on any atom is -0.461 e. The lowest BCUT2D eigenvalue weighted by atomic mass is 10.3. The monoisotopic (exact) mass is 316 g/mol. The Kier molecular flexibility index (Phi) is 2.69. The molecule has 0 N–H and O–H groups in total. The molecule has 72 valence electrons. The van der Waals surface area contributed by atoms with Gasteiger partial charge in [0.05, 0.1) is 6.26 Å². The van der Waals surface area contributed by atoms with Gasteiger partial charge in [-0.1, -0.05) is 0 Å². The maximum atomic E-state index is 5.29. The normalized spacial score (nSPS) is 10.5. The Balaban J connectivity index is 2.57. The average molecular weight is 318 g/mol. The fourth-order valence-corrected chi connectivity index (χ4v) is 2.17. The summed E-state index contributed by atoms with van der Waals surface area (Å²) in [5, 5.41) is 0. The van der Waals surface area contributed by atoms with Gasteiger partial charge in [-0.2, -0.15) is 0 Å². The second-order valence-corrected chi connectivity index (χ2v) is 4.39. The smallest absolute Gasteiger partial charge is 0.198 e. The molecule has 0 aromatic carbocycles. The Morgan fingerprint density at radius 2 is 1.86 bits per heavy atom. The minimum atomic E-state index is 0.578. The van der Waals surface area contributed by atoms with E-state index < -0.39 is 0 Å². The molecule has 0 saturated heterocycles. The van der Waals surface area contributed by atoms with Gasteiger partial charge in [-0.25, -0.2) is 9.97 Å². The molecule has 0 bridgehead atoms. The number of hydrogen-bond donors (Lipinski definition) is 0. The third kappa shape index (κ3) is 1.88. The maximum Gasteiger partial charge on any atom is 0.198 e. The van der Waals surface area contributed by atoms with Gasteiger partial charge in [-0.3, -0.25) is 0 Å². The van der Waals surface area contributed by atoms with Gasteiger partial charge in [0.2, 0.25) is 0 Å². The van der Waals surface area contributed by atoms with Gasteiger partial charge in [0, 0.05) is 6.07 Å². The van der Waals surface area contributed by atoms with Crippen LogP contribution in [0.15, 0.2) is 32.0 Å². The highest BCUT2D eigenvalue weighted by Crippen LogP contribution is 2.24. The van der Waals surface area contributed by atoms with E-state index in [0.717, 1.165) is 14.8 Å². The Morgan fingerprint density at radius 3 is 2.36 bits per heavy atom. The van der Waals surface area contributed by atoms with Crippen molar-refractivity contribution in [3.05, 3.63) is 33.2 Å². The first-order valence-corrected chi connectivity index (χ1v) is 5.50. The highest BCUT2D eigenvalue weighted by atomic mass is 79.9. The number of halogens is 2. The molecular formula is C9H6Br2N2O. The largest absolute Gasteiger partial charge is 0.461 e. The molecule has 0 radical (unpaired) electrons. The molecule has 2 rings (SSSR count). The van der Waals surface area contributed by atoms with E-state index in [-0.39, 0.29) is 0 Å². The lowest BCUT2D eigenvalue weighted by molar-refractivity contribution is 0.575. The van der Waals surface area contributed by atoms with Crippen LogP contribution in [0.1, 0.15) is 5.56 Å². The summed E-state index contributed by atoms with van der Waals surface area (Å²) in [7, 11) is 0. The van der Waals surface area contributed by atoms with E-state index in [2.05, 4.69) is 41.8 Å². The van der Waals surface area contributed by atoms with Gasteiger partial charge in [-0.05, 0) is 50.4 Å². The van der Waals surface area contributed by atoms with Crippen LogP contribution in [0, 0.1) is 6.92 Å². The predicted molar refractivity (Wildman–Crippen MR) is 59.9 cm³/mol. The second-order valence-electron chi connectivity index (χ2n) is 2.77. The van der Waals surface area contributed by atoms with Crippen molar-refractivity contribution < 1.29 is 4.42 Å². The molecule has 3 nitrogen and oxygen atoms in total. The third-order valence-electron chi connectivity index (χ3n) is 1.73. The summed E-state index contributed by atoms with van der Waals surface area (Å²) in [4.78, 5) is 8.44. The summed E-state index contributed by atoms with van der Waals surface area (Å²) in [5.41, 5.74) is 1.02. The van der Waals surface area contributed by atoms with Crippen molar-refractivity contribution in [1.29, 1.82) is 0 Å². The molecule has 0 amide bonds. The Bertz CT molecular complexity index is 447. The van der Waals surface area contributed by atoms with Crippen molar-refractivity contribution in [2.24, 2.45) is 0 Å². The highest BCUT2D eigenvalue weighted by Gasteiger charge is 2.10. The van der Waals surface area contributed by atoms with Crippen molar-refractivity contribution in [2.45, 2.75) is 6.92 Å². The first kappa shape index (κ1) is 9.86. The lowest BCUT2D eigenvalue weighted by Crippen LogP contribution is -1.90. The number of nitrogens with zero attached hydrogens (tertiary/aromatic N) is 2. The fraction of sp³-hybridized carbons (Fsp3) is 0.111. The molecule has 2 heterocycles. The van der Waals surface area contributed by atoms with Gasteiger partial charge in [-0.15, -0.1) is 0 Å². The SMILES string of the molecule is Cc1ccoc1-c1nc(Br)cc(Br)n1. The van der Waals surface area contributed by atoms with Crippen LogP contribution in [0.2, 0.25) is 0 Å². The van der Waals surface area contributed by atoms with Gasteiger partial charge in [0.25, 0.3) is 0 Å². The quantitative estimate of drug-likeness (QED) is 0.755. The summed E-state index contributed by atoms with van der Waals surface area (Å²) in [6.07, 6.45) is 1.63. The van der Waals surface area contributed by atoms with E-state index in [1.54, 1.807) is 12.3 Å². The first-order chi connectivity index (χ1) is 6.66. The van der Waals surface area contributed by atoms with Crippen molar-refractivity contribution in [3.8, 4) is 11.6 Å². The molecule has 0 unspecified atom stereocenters. The summed E-state index contributed by atoms with van der Waals surface area (Å²) < 4.78 is 6.75. The van der Waals surface area contributed by atoms with Crippen LogP contribution >= 0.6 is 31.9 Å². The van der Waals surface area contributed by atoms with Crippen LogP contribution in [0.5, 0.6) is 0 Å². The van der Waals surface area contributed by atoms with E-state index >= 15 is 0 Å². The Labute approximate surface area is 97.8 Å². The third-order valence-corrected chi connectivity index (χ3v) is 2.54. The Hall–Kier alpha value is -0.680. The van der Waals surface area contributed by atoms with Crippen LogP contribution in [0.25, 0.3) is 11.6 Å². The molecule has 0 saturated carbocycles. The number of furan rings is 1. The maximum absolute atomic E-state index is 5.29. The predicted octanol–water partition coefficient (Wildman–Crippen LogP) is 3.57. The number of rotatable bonds is 1. The first-order valence-electron chi connectivity index (χ1n) is 3.91. The van der Waals surface area contributed by atoms with E-state index in [1.165, 1.54) is 0 Å². The standard InChI is InChI=1S/C9H6Br2N2O/c1-5-2-3-14-8(5)9-12-6(10)4-7(11)13-9/h2-4H,1H3. The molecular weight excluding hydrogens is 312 g/mol. The van der Waals surface area contributed by atoms with E-state index in [9.17, 15) is 0 Å². The number of aryl methyl sites for hydroxylation is 1. The van der Waals surface area contributed by atoms with Crippen LogP contribution in [0.3, 0.4) is 0 Å². The summed E-state index contributed by atoms with van der Waals surface area (Å²) in [6.45, 7) is 1.96. The van der Waals surface area contributed by atoms with Crippen LogP contribution in [0.4, 0.5) is 0 Å². The molecule has 5 heteroatoms. The van der Waals surface area contributed by atoms with E-state index in [1.807, 2.05) is 13.0 Å². The molecule has 0 aliphatic carbocycles. The average Bonchev–Trinajstić information content (AvgIpc) is 2.49. The highest BCUT2D eigenvalue weighted by molar-refractivity contribution is 9.11. The van der Waals surface area contributed by atoms with Crippen molar-refractivity contribution >= 4 is 31.9 Å². The minimum absolute atomic E-state index is 0.578. The summed E-state index contributed by atoms with van der Waals surface area (Å²) >= 11 is 6.60. The van der Waals surface area contributed by atoms with Crippen LogP contribution in [-0.2, 0) is 0 Å². The lowest BCUT2D eigenvalue weighted by Gasteiger charge is -1.99. The molecule has 14 heavy (non-hydrogen) atoms. The van der Waals surface area contributed by atoms with Gasteiger partial charge in [0.1, 0.15) is 9.21 Å². The van der Waals surface area contributed by atoms with Gasteiger partial charge in [0.15, 0.2) is 11.6 Å². The van der Waals surface area contributed by atoms with Gasteiger partial charge < -0.3 is 4.42 Å². The molecule has 0 aliphatic rings. The number of aromatic nitrogens is 2. The van der Waals surface area contributed by atoms with E-state index in [4.69, 9.17) is 4.42 Å². The number of hydrogen-bond acceptors (Lipinski definition) is 3. The topological polar surface area (TPSA) is 38.9 Å². The zero-order valence-corrected chi connectivity index (χ0v) is 10.5. The summed E-state index contributed by atoms with van der Waals surface area (Å²) in [6, 6.07) is 3.66. The fourth-order valence-electron chi connectivity index (χ4n) is 1.09.